The lowest BCUT2D eigenvalue weighted by atomic mass is 10.1. The first-order valence-corrected chi connectivity index (χ1v) is 9.72. The van der Waals surface area contributed by atoms with Gasteiger partial charge in [-0.1, -0.05) is 42.0 Å². The molecule has 0 spiro atoms. The second-order valence-corrected chi connectivity index (χ2v) is 7.93. The SMILES string of the molecule is CNS(=O)(=O)c1ccc(CN(CCOC)Cc2ccc(C)cc2)cc1. The zero-order valence-electron chi connectivity index (χ0n) is 15.0. The maximum absolute atomic E-state index is 11.8. The van der Waals surface area contributed by atoms with Gasteiger partial charge in [-0.05, 0) is 37.2 Å². The fourth-order valence-corrected chi connectivity index (χ4v) is 3.27. The molecule has 0 radical (unpaired) electrons. The Bertz CT molecular complexity index is 756. The van der Waals surface area contributed by atoms with Crippen molar-refractivity contribution in [3.8, 4) is 0 Å². The molecule has 136 valence electrons. The predicted molar refractivity (Wildman–Crippen MR) is 99.9 cm³/mol. The number of rotatable bonds is 9. The smallest absolute Gasteiger partial charge is 0.240 e. The zero-order valence-corrected chi connectivity index (χ0v) is 15.8. The molecule has 0 heterocycles. The number of benzene rings is 2. The Morgan fingerprint density at radius 1 is 0.960 bits per heavy atom. The van der Waals surface area contributed by atoms with Crippen LogP contribution in [0.4, 0.5) is 0 Å². The van der Waals surface area contributed by atoms with Gasteiger partial charge < -0.3 is 4.74 Å². The summed E-state index contributed by atoms with van der Waals surface area (Å²) in [7, 11) is -0.284. The van der Waals surface area contributed by atoms with E-state index in [2.05, 4.69) is 40.8 Å². The lowest BCUT2D eigenvalue weighted by Crippen LogP contribution is -2.26. The lowest BCUT2D eigenvalue weighted by Gasteiger charge is -2.22. The van der Waals surface area contributed by atoms with Gasteiger partial charge in [-0.15, -0.1) is 0 Å². The summed E-state index contributed by atoms with van der Waals surface area (Å²) in [6.07, 6.45) is 0. The van der Waals surface area contributed by atoms with Gasteiger partial charge in [0.1, 0.15) is 0 Å². The standard InChI is InChI=1S/C19H26N2O3S/c1-16-4-6-17(7-5-16)14-21(12-13-24-3)15-18-8-10-19(11-9-18)25(22,23)20-2/h4-11,20H,12-15H2,1-3H3. The highest BCUT2D eigenvalue weighted by atomic mass is 32.2. The topological polar surface area (TPSA) is 58.6 Å². The molecule has 0 unspecified atom stereocenters. The fourth-order valence-electron chi connectivity index (χ4n) is 2.54. The zero-order chi connectivity index (χ0) is 18.3. The molecule has 6 heteroatoms. The summed E-state index contributed by atoms with van der Waals surface area (Å²) in [4.78, 5) is 2.57. The minimum atomic E-state index is -3.39. The molecule has 1 N–H and O–H groups in total. The van der Waals surface area contributed by atoms with Crippen molar-refractivity contribution < 1.29 is 13.2 Å². The molecule has 0 amide bonds. The summed E-state index contributed by atoms with van der Waals surface area (Å²) in [6.45, 7) is 5.09. The largest absolute Gasteiger partial charge is 0.383 e. The van der Waals surface area contributed by atoms with Gasteiger partial charge in [-0.3, -0.25) is 4.90 Å². The van der Waals surface area contributed by atoms with E-state index in [-0.39, 0.29) is 4.90 Å². The van der Waals surface area contributed by atoms with E-state index in [1.165, 1.54) is 18.2 Å². The maximum atomic E-state index is 11.8. The first kappa shape index (κ1) is 19.6. The Hall–Kier alpha value is -1.73. The van der Waals surface area contributed by atoms with E-state index < -0.39 is 10.0 Å². The van der Waals surface area contributed by atoms with Crippen LogP contribution in [0.25, 0.3) is 0 Å². The molecule has 2 aromatic carbocycles. The Kier molecular flexibility index (Phi) is 7.13. The van der Waals surface area contributed by atoms with Gasteiger partial charge in [0.2, 0.25) is 10.0 Å². The summed E-state index contributed by atoms with van der Waals surface area (Å²) in [6, 6.07) is 15.5. The number of hydrogen-bond donors (Lipinski definition) is 1. The van der Waals surface area contributed by atoms with Crippen LogP contribution < -0.4 is 4.72 Å². The molecule has 2 rings (SSSR count). The Labute approximate surface area is 150 Å². The van der Waals surface area contributed by atoms with E-state index in [1.807, 2.05) is 12.1 Å². The highest BCUT2D eigenvalue weighted by Crippen LogP contribution is 2.14. The fraction of sp³-hybridized carbons (Fsp3) is 0.368. The van der Waals surface area contributed by atoms with Crippen molar-refractivity contribution in [1.82, 2.24) is 9.62 Å². The molecule has 5 nitrogen and oxygen atoms in total. The van der Waals surface area contributed by atoms with Crippen LogP contribution in [-0.4, -0.2) is 40.6 Å². The molecule has 0 aliphatic carbocycles. The van der Waals surface area contributed by atoms with Crippen molar-refractivity contribution in [3.05, 3.63) is 65.2 Å². The van der Waals surface area contributed by atoms with E-state index in [4.69, 9.17) is 4.74 Å². The van der Waals surface area contributed by atoms with Gasteiger partial charge in [0.15, 0.2) is 0 Å². The third-order valence-electron chi connectivity index (χ3n) is 4.05. The van der Waals surface area contributed by atoms with E-state index in [0.29, 0.717) is 6.61 Å². The van der Waals surface area contributed by atoms with Gasteiger partial charge >= 0.3 is 0 Å². The molecule has 0 aromatic heterocycles. The van der Waals surface area contributed by atoms with Crippen molar-refractivity contribution in [2.75, 3.05) is 27.3 Å². The van der Waals surface area contributed by atoms with E-state index in [9.17, 15) is 8.42 Å². The van der Waals surface area contributed by atoms with E-state index >= 15 is 0 Å². The van der Waals surface area contributed by atoms with Crippen LogP contribution >= 0.6 is 0 Å². The van der Waals surface area contributed by atoms with Crippen LogP contribution in [-0.2, 0) is 27.8 Å². The van der Waals surface area contributed by atoms with Gasteiger partial charge in [-0.25, -0.2) is 13.1 Å². The summed E-state index contributed by atoms with van der Waals surface area (Å²) in [5.41, 5.74) is 3.56. The minimum absolute atomic E-state index is 0.278. The van der Waals surface area contributed by atoms with Crippen molar-refractivity contribution in [1.29, 1.82) is 0 Å². The molecule has 0 saturated heterocycles. The number of ether oxygens (including phenoxy) is 1. The highest BCUT2D eigenvalue weighted by molar-refractivity contribution is 7.89. The molecule has 2 aromatic rings. The number of hydrogen-bond acceptors (Lipinski definition) is 4. The molecule has 0 aliphatic rings. The summed E-state index contributed by atoms with van der Waals surface area (Å²) >= 11 is 0. The van der Waals surface area contributed by atoms with Gasteiger partial charge in [0.25, 0.3) is 0 Å². The molecule has 0 fully saturated rings. The maximum Gasteiger partial charge on any atom is 0.240 e. The summed E-state index contributed by atoms with van der Waals surface area (Å²) in [5.74, 6) is 0. The van der Waals surface area contributed by atoms with Gasteiger partial charge in [0.05, 0.1) is 11.5 Å². The second kappa shape index (κ2) is 9.10. The van der Waals surface area contributed by atoms with Gasteiger partial charge in [0, 0.05) is 26.7 Å². The number of nitrogens with one attached hydrogen (secondary N) is 1. The van der Waals surface area contributed by atoms with E-state index in [1.54, 1.807) is 19.2 Å². The molecule has 25 heavy (non-hydrogen) atoms. The van der Waals surface area contributed by atoms with Gasteiger partial charge in [-0.2, -0.15) is 0 Å². The number of sulfonamides is 1. The minimum Gasteiger partial charge on any atom is -0.383 e. The third-order valence-corrected chi connectivity index (χ3v) is 5.48. The van der Waals surface area contributed by atoms with Crippen LogP contribution in [0.15, 0.2) is 53.4 Å². The molecule has 0 bridgehead atoms. The summed E-state index contributed by atoms with van der Waals surface area (Å²) in [5, 5.41) is 0. The van der Waals surface area contributed by atoms with E-state index in [0.717, 1.165) is 25.2 Å². The monoisotopic (exact) mass is 362 g/mol. The average molecular weight is 362 g/mol. The van der Waals surface area contributed by atoms with Crippen molar-refractivity contribution in [2.45, 2.75) is 24.9 Å². The average Bonchev–Trinajstić information content (AvgIpc) is 2.62. The molecule has 0 atom stereocenters. The summed E-state index contributed by atoms with van der Waals surface area (Å²) < 4.78 is 31.2. The van der Waals surface area contributed by atoms with Crippen LogP contribution in [0.1, 0.15) is 16.7 Å². The lowest BCUT2D eigenvalue weighted by molar-refractivity contribution is 0.140. The van der Waals surface area contributed by atoms with Crippen molar-refractivity contribution in [3.63, 3.8) is 0 Å². The molecule has 0 aliphatic heterocycles. The van der Waals surface area contributed by atoms with Crippen molar-refractivity contribution in [2.24, 2.45) is 0 Å². The second-order valence-electron chi connectivity index (χ2n) is 6.04. The first-order chi connectivity index (χ1) is 11.9. The quantitative estimate of drug-likeness (QED) is 0.745. The highest BCUT2D eigenvalue weighted by Gasteiger charge is 2.12. The third kappa shape index (κ3) is 5.93. The Morgan fingerprint density at radius 2 is 1.48 bits per heavy atom. The number of aryl methyl sites for hydroxylation is 1. The van der Waals surface area contributed by atoms with Crippen LogP contribution in [0.2, 0.25) is 0 Å². The Morgan fingerprint density at radius 3 is 1.96 bits per heavy atom. The number of nitrogens with zero attached hydrogens (tertiary/aromatic N) is 1. The molecular formula is C19H26N2O3S. The van der Waals surface area contributed by atoms with Crippen molar-refractivity contribution >= 4 is 10.0 Å². The Balaban J connectivity index is 2.09. The van der Waals surface area contributed by atoms with Crippen LogP contribution in [0, 0.1) is 6.92 Å². The predicted octanol–water partition coefficient (Wildman–Crippen LogP) is 2.55. The van der Waals surface area contributed by atoms with Crippen LogP contribution in [0.5, 0.6) is 0 Å². The normalized spacial score (nSPS) is 11.8. The van der Waals surface area contributed by atoms with Crippen LogP contribution in [0.3, 0.4) is 0 Å². The molecule has 0 saturated carbocycles. The number of methoxy groups -OCH3 is 1. The first-order valence-electron chi connectivity index (χ1n) is 8.24. The molecular weight excluding hydrogens is 336 g/mol.